The lowest BCUT2D eigenvalue weighted by molar-refractivity contribution is 0.297. The number of likely N-dealkylation sites (N-methyl/N-ethyl adjacent to an activating group) is 1. The van der Waals surface area contributed by atoms with Gasteiger partial charge in [0.25, 0.3) is 0 Å². The van der Waals surface area contributed by atoms with Crippen LogP contribution >= 0.6 is 0 Å². The first-order valence-corrected chi connectivity index (χ1v) is 7.39. The molecule has 1 N–H and O–H groups in total. The highest BCUT2D eigenvalue weighted by Crippen LogP contribution is 2.33. The van der Waals surface area contributed by atoms with Crippen LogP contribution in [0.1, 0.15) is 45.1 Å². The second-order valence-corrected chi connectivity index (χ2v) is 5.12. The maximum atomic E-state index is 5.77. The highest BCUT2D eigenvalue weighted by Gasteiger charge is 2.19. The monoisotopic (exact) mass is 263 g/mol. The average Bonchev–Trinajstić information content (AvgIpc) is 2.68. The van der Waals surface area contributed by atoms with Crippen molar-refractivity contribution in [2.75, 3.05) is 19.8 Å². The summed E-state index contributed by atoms with van der Waals surface area (Å²) in [5, 5.41) is 3.55. The van der Waals surface area contributed by atoms with E-state index < -0.39 is 0 Å². The zero-order valence-corrected chi connectivity index (χ0v) is 12.2. The van der Waals surface area contributed by atoms with Gasteiger partial charge in [0, 0.05) is 12.5 Å². The van der Waals surface area contributed by atoms with Crippen LogP contribution < -0.4 is 14.8 Å². The molecular weight excluding hydrogens is 238 g/mol. The van der Waals surface area contributed by atoms with Gasteiger partial charge in [0.05, 0.1) is 13.2 Å². The summed E-state index contributed by atoms with van der Waals surface area (Å²) < 4.78 is 11.4. The number of ether oxygens (including phenoxy) is 2. The molecule has 106 valence electrons. The number of nitrogens with one attached hydrogen (secondary N) is 1. The highest BCUT2D eigenvalue weighted by atomic mass is 16.5. The van der Waals surface area contributed by atoms with Crippen LogP contribution in [0.4, 0.5) is 0 Å². The zero-order valence-electron chi connectivity index (χ0n) is 12.2. The van der Waals surface area contributed by atoms with Crippen LogP contribution in [-0.4, -0.2) is 25.8 Å². The lowest BCUT2D eigenvalue weighted by atomic mass is 9.91. The van der Waals surface area contributed by atoms with Crippen molar-refractivity contribution in [3.8, 4) is 11.5 Å². The largest absolute Gasteiger partial charge is 0.490 e. The Labute approximate surface area is 116 Å². The lowest BCUT2D eigenvalue weighted by Gasteiger charge is -2.24. The smallest absolute Gasteiger partial charge is 0.161 e. The fourth-order valence-electron chi connectivity index (χ4n) is 2.63. The van der Waals surface area contributed by atoms with Gasteiger partial charge in [-0.1, -0.05) is 26.8 Å². The normalized spacial score (nSPS) is 17.6. The molecule has 0 amide bonds. The molecule has 2 rings (SSSR count). The molecule has 2 atom stereocenters. The molecule has 1 aliphatic rings. The first-order chi connectivity index (χ1) is 9.26. The van der Waals surface area contributed by atoms with Crippen molar-refractivity contribution in [2.24, 2.45) is 0 Å². The van der Waals surface area contributed by atoms with Gasteiger partial charge in [-0.05, 0) is 36.6 Å². The third-order valence-electron chi connectivity index (χ3n) is 3.81. The maximum Gasteiger partial charge on any atom is 0.161 e. The van der Waals surface area contributed by atoms with Crippen molar-refractivity contribution in [1.29, 1.82) is 0 Å². The predicted octanol–water partition coefficient (Wildman–Crippen LogP) is 3.34. The summed E-state index contributed by atoms with van der Waals surface area (Å²) in [6, 6.07) is 6.86. The van der Waals surface area contributed by atoms with Crippen LogP contribution in [0.25, 0.3) is 0 Å². The summed E-state index contributed by atoms with van der Waals surface area (Å²) in [7, 11) is 0. The number of rotatable bonds is 5. The SMILES string of the molecule is CCNC(CC)C(C)c1ccc2c(c1)OCCCO2. The number of fused-ring (bicyclic) bond motifs is 1. The van der Waals surface area contributed by atoms with E-state index >= 15 is 0 Å². The molecule has 0 saturated heterocycles. The van der Waals surface area contributed by atoms with Gasteiger partial charge in [-0.3, -0.25) is 0 Å². The van der Waals surface area contributed by atoms with E-state index in [0.717, 1.165) is 44.1 Å². The highest BCUT2D eigenvalue weighted by molar-refractivity contribution is 5.44. The van der Waals surface area contributed by atoms with Gasteiger partial charge in [-0.2, -0.15) is 0 Å². The summed E-state index contributed by atoms with van der Waals surface area (Å²) in [5.74, 6) is 2.25. The molecule has 1 aromatic rings. The second-order valence-electron chi connectivity index (χ2n) is 5.12. The van der Waals surface area contributed by atoms with E-state index in [4.69, 9.17) is 9.47 Å². The maximum absolute atomic E-state index is 5.77. The molecule has 0 fully saturated rings. The standard InChI is InChI=1S/C16H25NO2/c1-4-14(17-5-2)12(3)13-7-8-15-16(11-13)19-10-6-9-18-15/h7-8,11-12,14,17H,4-6,9-10H2,1-3H3. The van der Waals surface area contributed by atoms with E-state index in [1.165, 1.54) is 5.56 Å². The third kappa shape index (κ3) is 3.41. The van der Waals surface area contributed by atoms with E-state index in [2.05, 4.69) is 38.2 Å². The minimum absolute atomic E-state index is 0.474. The van der Waals surface area contributed by atoms with Crippen molar-refractivity contribution in [3.05, 3.63) is 23.8 Å². The molecule has 19 heavy (non-hydrogen) atoms. The van der Waals surface area contributed by atoms with Crippen molar-refractivity contribution >= 4 is 0 Å². The Morgan fingerprint density at radius 2 is 1.89 bits per heavy atom. The Morgan fingerprint density at radius 3 is 2.58 bits per heavy atom. The van der Waals surface area contributed by atoms with E-state index in [1.54, 1.807) is 0 Å². The van der Waals surface area contributed by atoms with Crippen molar-refractivity contribution < 1.29 is 9.47 Å². The first kappa shape index (κ1) is 14.2. The minimum atomic E-state index is 0.474. The van der Waals surface area contributed by atoms with Crippen LogP contribution in [0.2, 0.25) is 0 Å². The second kappa shape index (κ2) is 6.80. The summed E-state index contributed by atoms with van der Waals surface area (Å²) in [6.45, 7) is 9.16. The van der Waals surface area contributed by atoms with Gasteiger partial charge in [-0.15, -0.1) is 0 Å². The van der Waals surface area contributed by atoms with Gasteiger partial charge in [0.15, 0.2) is 11.5 Å². The Balaban J connectivity index is 2.18. The number of hydrogen-bond donors (Lipinski definition) is 1. The molecule has 1 heterocycles. The molecule has 1 aromatic carbocycles. The van der Waals surface area contributed by atoms with E-state index in [1.807, 2.05) is 6.07 Å². The van der Waals surface area contributed by atoms with Crippen molar-refractivity contribution in [3.63, 3.8) is 0 Å². The summed E-state index contributed by atoms with van der Waals surface area (Å²) in [6.07, 6.45) is 2.08. The molecule has 0 aliphatic carbocycles. The topological polar surface area (TPSA) is 30.5 Å². The van der Waals surface area contributed by atoms with Crippen LogP contribution in [0.15, 0.2) is 18.2 Å². The average molecular weight is 263 g/mol. The fourth-order valence-corrected chi connectivity index (χ4v) is 2.63. The zero-order chi connectivity index (χ0) is 13.7. The van der Waals surface area contributed by atoms with Crippen LogP contribution in [0, 0.1) is 0 Å². The quantitative estimate of drug-likeness (QED) is 0.884. The molecule has 0 spiro atoms. The van der Waals surface area contributed by atoms with E-state index in [9.17, 15) is 0 Å². The van der Waals surface area contributed by atoms with Gasteiger partial charge in [0.1, 0.15) is 0 Å². The van der Waals surface area contributed by atoms with Crippen molar-refractivity contribution in [2.45, 2.75) is 45.6 Å². The molecule has 0 aromatic heterocycles. The number of hydrogen-bond acceptors (Lipinski definition) is 3. The number of benzene rings is 1. The first-order valence-electron chi connectivity index (χ1n) is 7.39. The van der Waals surface area contributed by atoms with Crippen LogP contribution in [0.5, 0.6) is 11.5 Å². The Bertz CT molecular complexity index is 406. The Hall–Kier alpha value is -1.22. The molecule has 3 nitrogen and oxygen atoms in total. The molecule has 0 saturated carbocycles. The van der Waals surface area contributed by atoms with Crippen LogP contribution in [-0.2, 0) is 0 Å². The Morgan fingerprint density at radius 1 is 1.16 bits per heavy atom. The van der Waals surface area contributed by atoms with Crippen LogP contribution in [0.3, 0.4) is 0 Å². The van der Waals surface area contributed by atoms with E-state index in [0.29, 0.717) is 12.0 Å². The van der Waals surface area contributed by atoms with Gasteiger partial charge < -0.3 is 14.8 Å². The van der Waals surface area contributed by atoms with E-state index in [-0.39, 0.29) is 0 Å². The predicted molar refractivity (Wildman–Crippen MR) is 78.2 cm³/mol. The lowest BCUT2D eigenvalue weighted by Crippen LogP contribution is -2.32. The molecular formula is C16H25NO2. The van der Waals surface area contributed by atoms with Gasteiger partial charge in [-0.25, -0.2) is 0 Å². The molecule has 0 radical (unpaired) electrons. The summed E-state index contributed by atoms with van der Waals surface area (Å²) in [5.41, 5.74) is 1.32. The third-order valence-corrected chi connectivity index (χ3v) is 3.81. The van der Waals surface area contributed by atoms with Gasteiger partial charge >= 0.3 is 0 Å². The molecule has 0 bridgehead atoms. The summed E-state index contributed by atoms with van der Waals surface area (Å²) >= 11 is 0. The van der Waals surface area contributed by atoms with Crippen molar-refractivity contribution in [1.82, 2.24) is 5.32 Å². The summed E-state index contributed by atoms with van der Waals surface area (Å²) in [4.78, 5) is 0. The Kier molecular flexibility index (Phi) is 5.08. The molecule has 3 heteroatoms. The van der Waals surface area contributed by atoms with Gasteiger partial charge in [0.2, 0.25) is 0 Å². The molecule has 2 unspecified atom stereocenters. The molecule has 1 aliphatic heterocycles. The fraction of sp³-hybridized carbons (Fsp3) is 0.625. The minimum Gasteiger partial charge on any atom is -0.490 e.